The van der Waals surface area contributed by atoms with E-state index in [9.17, 15) is 9.90 Å². The zero-order valence-corrected chi connectivity index (χ0v) is 15.7. The molecule has 0 spiro atoms. The SMILES string of the molecule is CCCC[C@H](NC(=O)OC(C)(C)C)C(O)c1nnc(-c2ccccc2)o1. The zero-order valence-electron chi connectivity index (χ0n) is 15.7. The van der Waals surface area contributed by atoms with Crippen LogP contribution in [0.15, 0.2) is 34.7 Å². The molecular formula is C19H27N3O4. The molecule has 7 heteroatoms. The van der Waals surface area contributed by atoms with E-state index >= 15 is 0 Å². The Morgan fingerprint density at radius 3 is 2.58 bits per heavy atom. The van der Waals surface area contributed by atoms with Crippen molar-refractivity contribution in [1.82, 2.24) is 15.5 Å². The summed E-state index contributed by atoms with van der Waals surface area (Å²) in [4.78, 5) is 12.1. The van der Waals surface area contributed by atoms with Crippen LogP contribution in [-0.2, 0) is 4.74 Å². The highest BCUT2D eigenvalue weighted by Gasteiger charge is 2.29. The Morgan fingerprint density at radius 2 is 1.96 bits per heavy atom. The number of carbonyl (C=O) groups is 1. The molecule has 0 bridgehead atoms. The summed E-state index contributed by atoms with van der Waals surface area (Å²) in [6.45, 7) is 7.40. The van der Waals surface area contributed by atoms with E-state index in [4.69, 9.17) is 9.15 Å². The van der Waals surface area contributed by atoms with Gasteiger partial charge in [-0.05, 0) is 39.3 Å². The van der Waals surface area contributed by atoms with Crippen LogP contribution >= 0.6 is 0 Å². The van der Waals surface area contributed by atoms with E-state index in [1.54, 1.807) is 20.8 Å². The van der Waals surface area contributed by atoms with Crippen LogP contribution in [0.3, 0.4) is 0 Å². The maximum atomic E-state index is 12.1. The summed E-state index contributed by atoms with van der Waals surface area (Å²) < 4.78 is 10.9. The maximum absolute atomic E-state index is 12.1. The average molecular weight is 361 g/mol. The molecule has 142 valence electrons. The van der Waals surface area contributed by atoms with E-state index < -0.39 is 23.8 Å². The molecule has 1 aromatic carbocycles. The lowest BCUT2D eigenvalue weighted by atomic mass is 10.0. The molecule has 0 aliphatic carbocycles. The number of aromatic nitrogens is 2. The lowest BCUT2D eigenvalue weighted by Crippen LogP contribution is -2.42. The van der Waals surface area contributed by atoms with E-state index in [1.807, 2.05) is 37.3 Å². The molecule has 0 aliphatic heterocycles. The van der Waals surface area contributed by atoms with Gasteiger partial charge in [-0.1, -0.05) is 38.0 Å². The molecule has 1 unspecified atom stereocenters. The van der Waals surface area contributed by atoms with Crippen molar-refractivity contribution < 1.29 is 19.1 Å². The predicted octanol–water partition coefficient (Wildman–Crippen LogP) is 3.85. The fraction of sp³-hybridized carbons (Fsp3) is 0.526. The molecule has 1 heterocycles. The number of rotatable bonds is 7. The number of hydrogen-bond acceptors (Lipinski definition) is 6. The van der Waals surface area contributed by atoms with Gasteiger partial charge in [0.1, 0.15) is 5.60 Å². The summed E-state index contributed by atoms with van der Waals surface area (Å²) in [6.07, 6.45) is 0.634. The number of unbranched alkanes of at least 4 members (excludes halogenated alkanes) is 1. The highest BCUT2D eigenvalue weighted by atomic mass is 16.6. The van der Waals surface area contributed by atoms with Crippen molar-refractivity contribution in [2.24, 2.45) is 0 Å². The topological polar surface area (TPSA) is 97.5 Å². The van der Waals surface area contributed by atoms with Crippen molar-refractivity contribution in [2.45, 2.75) is 64.7 Å². The minimum Gasteiger partial charge on any atom is -0.444 e. The summed E-state index contributed by atoms with van der Waals surface area (Å²) in [5.74, 6) is 0.396. The Morgan fingerprint density at radius 1 is 1.27 bits per heavy atom. The van der Waals surface area contributed by atoms with E-state index in [-0.39, 0.29) is 5.89 Å². The number of carbonyl (C=O) groups excluding carboxylic acids is 1. The summed E-state index contributed by atoms with van der Waals surface area (Å²) in [5.41, 5.74) is 0.152. The molecule has 2 rings (SSSR count). The summed E-state index contributed by atoms with van der Waals surface area (Å²) in [5, 5.41) is 21.3. The highest BCUT2D eigenvalue weighted by molar-refractivity contribution is 5.68. The maximum Gasteiger partial charge on any atom is 0.407 e. The lowest BCUT2D eigenvalue weighted by molar-refractivity contribution is 0.0377. The molecule has 1 amide bonds. The Labute approximate surface area is 153 Å². The number of aliphatic hydroxyl groups excluding tert-OH is 1. The Bertz CT molecular complexity index is 694. The first-order valence-electron chi connectivity index (χ1n) is 8.86. The number of ether oxygens (including phenoxy) is 1. The Hall–Kier alpha value is -2.41. The van der Waals surface area contributed by atoms with Gasteiger partial charge in [-0.3, -0.25) is 0 Å². The first kappa shape index (κ1) is 19.9. The normalized spacial score (nSPS) is 13.9. The Kier molecular flexibility index (Phi) is 6.74. The second-order valence-electron chi connectivity index (χ2n) is 7.15. The predicted molar refractivity (Wildman–Crippen MR) is 97.4 cm³/mol. The number of hydrogen-bond donors (Lipinski definition) is 2. The van der Waals surface area contributed by atoms with Crippen LogP contribution in [0.4, 0.5) is 4.79 Å². The third-order valence-corrected chi connectivity index (χ3v) is 3.67. The van der Waals surface area contributed by atoms with Gasteiger partial charge in [-0.25, -0.2) is 4.79 Å². The van der Waals surface area contributed by atoms with Crippen LogP contribution in [-0.4, -0.2) is 33.0 Å². The molecule has 2 atom stereocenters. The molecule has 1 aromatic heterocycles. The molecule has 2 aromatic rings. The van der Waals surface area contributed by atoms with Crippen LogP contribution in [0.2, 0.25) is 0 Å². The third-order valence-electron chi connectivity index (χ3n) is 3.67. The fourth-order valence-electron chi connectivity index (χ4n) is 2.42. The summed E-state index contributed by atoms with van der Waals surface area (Å²) >= 11 is 0. The van der Waals surface area contributed by atoms with Gasteiger partial charge >= 0.3 is 6.09 Å². The third kappa shape index (κ3) is 5.84. The van der Waals surface area contributed by atoms with Gasteiger partial charge in [-0.15, -0.1) is 10.2 Å². The van der Waals surface area contributed by atoms with Crippen LogP contribution in [0.1, 0.15) is 59.0 Å². The molecular weight excluding hydrogens is 334 g/mol. The zero-order chi connectivity index (χ0) is 19.2. The monoisotopic (exact) mass is 361 g/mol. The first-order chi connectivity index (χ1) is 12.3. The van der Waals surface area contributed by atoms with E-state index in [2.05, 4.69) is 15.5 Å². The van der Waals surface area contributed by atoms with E-state index in [0.717, 1.165) is 18.4 Å². The second-order valence-corrected chi connectivity index (χ2v) is 7.15. The number of benzene rings is 1. The van der Waals surface area contributed by atoms with Crippen LogP contribution in [0.25, 0.3) is 11.5 Å². The molecule has 0 saturated heterocycles. The van der Waals surface area contributed by atoms with Gasteiger partial charge in [0.2, 0.25) is 11.8 Å². The van der Waals surface area contributed by atoms with Crippen molar-refractivity contribution >= 4 is 6.09 Å². The molecule has 0 radical (unpaired) electrons. The summed E-state index contributed by atoms with van der Waals surface area (Å²) in [6, 6.07) is 8.73. The van der Waals surface area contributed by atoms with Crippen LogP contribution < -0.4 is 5.32 Å². The standard InChI is InChI=1S/C19H27N3O4/c1-5-6-12-14(20-18(24)26-19(2,3)4)15(23)17-22-21-16(25-17)13-10-8-7-9-11-13/h7-11,14-15,23H,5-6,12H2,1-4H3,(H,20,24)/t14-,15?/m0/s1. The van der Waals surface area contributed by atoms with Crippen LogP contribution in [0, 0.1) is 0 Å². The van der Waals surface area contributed by atoms with Crippen LogP contribution in [0.5, 0.6) is 0 Å². The van der Waals surface area contributed by atoms with Gasteiger partial charge in [0.05, 0.1) is 6.04 Å². The van der Waals surface area contributed by atoms with Gasteiger partial charge in [0, 0.05) is 5.56 Å². The molecule has 2 N–H and O–H groups in total. The first-order valence-corrected chi connectivity index (χ1v) is 8.86. The molecule has 0 fully saturated rings. The molecule has 26 heavy (non-hydrogen) atoms. The lowest BCUT2D eigenvalue weighted by Gasteiger charge is -2.25. The van der Waals surface area contributed by atoms with Crippen molar-refractivity contribution in [2.75, 3.05) is 0 Å². The number of alkyl carbamates (subject to hydrolysis) is 1. The van der Waals surface area contributed by atoms with Crippen molar-refractivity contribution in [3.8, 4) is 11.5 Å². The van der Waals surface area contributed by atoms with Gasteiger partial charge < -0.3 is 19.6 Å². The van der Waals surface area contributed by atoms with Crippen molar-refractivity contribution in [3.63, 3.8) is 0 Å². The van der Waals surface area contributed by atoms with E-state index in [0.29, 0.717) is 12.3 Å². The average Bonchev–Trinajstić information content (AvgIpc) is 3.07. The fourth-order valence-corrected chi connectivity index (χ4v) is 2.42. The highest BCUT2D eigenvalue weighted by Crippen LogP contribution is 2.24. The number of nitrogens with zero attached hydrogens (tertiary/aromatic N) is 2. The minimum atomic E-state index is -1.11. The van der Waals surface area contributed by atoms with Crippen molar-refractivity contribution in [1.29, 1.82) is 0 Å². The number of nitrogens with one attached hydrogen (secondary N) is 1. The van der Waals surface area contributed by atoms with Gasteiger partial charge in [0.25, 0.3) is 0 Å². The smallest absolute Gasteiger partial charge is 0.407 e. The minimum absolute atomic E-state index is 0.0704. The molecule has 7 nitrogen and oxygen atoms in total. The Balaban J connectivity index is 2.12. The van der Waals surface area contributed by atoms with Gasteiger partial charge in [-0.2, -0.15) is 0 Å². The van der Waals surface area contributed by atoms with Crippen molar-refractivity contribution in [3.05, 3.63) is 36.2 Å². The second kappa shape index (κ2) is 8.80. The number of aliphatic hydroxyl groups is 1. The van der Waals surface area contributed by atoms with E-state index in [1.165, 1.54) is 0 Å². The summed E-state index contributed by atoms with van der Waals surface area (Å²) in [7, 11) is 0. The van der Waals surface area contributed by atoms with Gasteiger partial charge in [0.15, 0.2) is 6.10 Å². The molecule has 0 saturated carbocycles. The quantitative estimate of drug-likeness (QED) is 0.777. The largest absolute Gasteiger partial charge is 0.444 e. The number of amides is 1. The molecule has 0 aliphatic rings.